The molecule has 11 heteroatoms. The molecule has 0 aliphatic rings. The van der Waals surface area contributed by atoms with E-state index in [2.05, 4.69) is 0 Å². The molecular weight excluding hydrogens is 442 g/mol. The first-order valence-corrected chi connectivity index (χ1v) is 11.7. The van der Waals surface area contributed by atoms with Crippen LogP contribution in [-0.4, -0.2) is 44.4 Å². The summed E-state index contributed by atoms with van der Waals surface area (Å²) in [5, 5.41) is 9.45. The quantitative estimate of drug-likeness (QED) is 0.558. The van der Waals surface area contributed by atoms with Gasteiger partial charge >= 0.3 is 11.9 Å². The smallest absolute Gasteiger partial charge is 0.348 e. The fourth-order valence-corrected chi connectivity index (χ4v) is 5.18. The van der Waals surface area contributed by atoms with Crippen molar-refractivity contribution in [3.05, 3.63) is 45.8 Å². The molecule has 0 saturated heterocycles. The number of ether oxygens (including phenoxy) is 2. The number of hydrogen-bond donors (Lipinski definition) is 1. The van der Waals surface area contributed by atoms with Crippen molar-refractivity contribution in [2.45, 2.75) is 32.3 Å². The molecule has 0 fully saturated rings. The molecule has 0 radical (unpaired) electrons. The number of sulfonamides is 1. The van der Waals surface area contributed by atoms with Crippen molar-refractivity contribution < 1.29 is 27.5 Å². The molecular formula is C20H23N3O6S2. The fourth-order valence-electron chi connectivity index (χ4n) is 2.80. The summed E-state index contributed by atoms with van der Waals surface area (Å²) in [4.78, 5) is 24.7. The molecule has 9 nitrogen and oxygen atoms in total. The Labute approximate surface area is 185 Å². The highest BCUT2D eigenvalue weighted by atomic mass is 32.2. The van der Waals surface area contributed by atoms with Crippen LogP contribution in [0.3, 0.4) is 0 Å². The number of nitrogens with zero attached hydrogens (tertiary/aromatic N) is 2. The molecule has 0 amide bonds. The van der Waals surface area contributed by atoms with Crippen LogP contribution in [0.5, 0.6) is 0 Å². The lowest BCUT2D eigenvalue weighted by Crippen LogP contribution is -2.30. The van der Waals surface area contributed by atoms with Gasteiger partial charge in [-0.3, -0.25) is 0 Å². The summed E-state index contributed by atoms with van der Waals surface area (Å²) in [5.41, 5.74) is 6.15. The highest BCUT2D eigenvalue weighted by molar-refractivity contribution is 7.89. The van der Waals surface area contributed by atoms with Gasteiger partial charge in [0.2, 0.25) is 10.0 Å². The van der Waals surface area contributed by atoms with E-state index in [0.29, 0.717) is 13.1 Å². The van der Waals surface area contributed by atoms with Crippen LogP contribution < -0.4 is 5.73 Å². The molecule has 0 bridgehead atoms. The molecule has 2 N–H and O–H groups in total. The largest absolute Gasteiger partial charge is 0.462 e. The number of nitrogens with two attached hydrogens (primary N) is 1. The summed E-state index contributed by atoms with van der Waals surface area (Å²) in [6.07, 6.45) is 0. The summed E-state index contributed by atoms with van der Waals surface area (Å²) in [7, 11) is -3.64. The maximum absolute atomic E-state index is 12.5. The molecule has 1 heterocycles. The number of thiophene rings is 1. The molecule has 2 aromatic rings. The topological polar surface area (TPSA) is 140 Å². The number of hydrogen-bond acceptors (Lipinski definition) is 9. The average molecular weight is 466 g/mol. The minimum atomic E-state index is -3.64. The van der Waals surface area contributed by atoms with Gasteiger partial charge in [-0.25, -0.2) is 18.0 Å². The van der Waals surface area contributed by atoms with Gasteiger partial charge in [-0.15, -0.1) is 11.3 Å². The van der Waals surface area contributed by atoms with Crippen LogP contribution >= 0.6 is 11.3 Å². The molecule has 2 rings (SSSR count). The molecule has 0 aliphatic carbocycles. The number of rotatable bonds is 9. The predicted molar refractivity (Wildman–Crippen MR) is 115 cm³/mol. The summed E-state index contributed by atoms with van der Waals surface area (Å²) >= 11 is 0.891. The van der Waals surface area contributed by atoms with Gasteiger partial charge in [-0.05, 0) is 31.2 Å². The van der Waals surface area contributed by atoms with E-state index in [1.54, 1.807) is 20.8 Å². The Morgan fingerprint density at radius 1 is 1.10 bits per heavy atom. The van der Waals surface area contributed by atoms with E-state index in [9.17, 15) is 23.3 Å². The van der Waals surface area contributed by atoms with Gasteiger partial charge in [0.1, 0.15) is 22.6 Å². The Bertz CT molecular complexity index is 1100. The average Bonchev–Trinajstić information content (AvgIpc) is 3.08. The summed E-state index contributed by atoms with van der Waals surface area (Å²) in [5.74, 6) is -1.40. The third-order valence-electron chi connectivity index (χ3n) is 4.39. The second-order valence-corrected chi connectivity index (χ2v) is 9.16. The van der Waals surface area contributed by atoms with Crippen molar-refractivity contribution >= 4 is 38.3 Å². The van der Waals surface area contributed by atoms with Gasteiger partial charge < -0.3 is 15.2 Å². The number of anilines is 1. The Kier molecular flexibility index (Phi) is 8.15. The number of nitrogen functional groups attached to an aromatic ring is 1. The van der Waals surface area contributed by atoms with Crippen LogP contribution in [0, 0.1) is 11.3 Å². The fraction of sp³-hybridized carbons (Fsp3) is 0.350. The molecule has 0 unspecified atom stereocenters. The zero-order chi connectivity index (χ0) is 23.2. The van der Waals surface area contributed by atoms with E-state index in [0.717, 1.165) is 11.3 Å². The van der Waals surface area contributed by atoms with Crippen molar-refractivity contribution in [1.29, 1.82) is 5.26 Å². The summed E-state index contributed by atoms with van der Waals surface area (Å²) < 4.78 is 36.6. The van der Waals surface area contributed by atoms with Crippen molar-refractivity contribution in [2.75, 3.05) is 25.4 Å². The zero-order valence-corrected chi connectivity index (χ0v) is 19.0. The van der Waals surface area contributed by atoms with E-state index in [1.165, 1.54) is 28.6 Å². The first-order chi connectivity index (χ1) is 14.7. The molecule has 0 saturated carbocycles. The van der Waals surface area contributed by atoms with Crippen molar-refractivity contribution in [1.82, 2.24) is 4.31 Å². The molecule has 166 valence electrons. The monoisotopic (exact) mass is 465 g/mol. The summed E-state index contributed by atoms with van der Waals surface area (Å²) in [6.45, 7) is 5.56. The van der Waals surface area contributed by atoms with Crippen LogP contribution in [0.15, 0.2) is 29.2 Å². The highest BCUT2D eigenvalue weighted by Crippen LogP contribution is 2.32. The van der Waals surface area contributed by atoms with Crippen molar-refractivity contribution in [2.24, 2.45) is 0 Å². The maximum atomic E-state index is 12.5. The molecule has 0 atom stereocenters. The van der Waals surface area contributed by atoms with E-state index in [1.807, 2.05) is 6.07 Å². The first kappa shape index (κ1) is 24.3. The van der Waals surface area contributed by atoms with Crippen LogP contribution in [0.1, 0.15) is 51.9 Å². The van der Waals surface area contributed by atoms with Crippen molar-refractivity contribution in [3.8, 4) is 6.07 Å². The Hall–Kier alpha value is -2.94. The second kappa shape index (κ2) is 10.4. The SMILES string of the molecule is CCOC(=O)c1sc(N)c(C#N)c1COC(=O)c1ccc(S(=O)(=O)N(CC)CC)cc1. The number of benzene rings is 1. The van der Waals surface area contributed by atoms with Crippen LogP contribution in [0.4, 0.5) is 5.00 Å². The highest BCUT2D eigenvalue weighted by Gasteiger charge is 2.25. The first-order valence-electron chi connectivity index (χ1n) is 9.46. The molecule has 0 spiro atoms. The van der Waals surface area contributed by atoms with E-state index in [4.69, 9.17) is 15.2 Å². The molecule has 31 heavy (non-hydrogen) atoms. The maximum Gasteiger partial charge on any atom is 0.348 e. The van der Waals surface area contributed by atoms with Crippen molar-refractivity contribution in [3.63, 3.8) is 0 Å². The lowest BCUT2D eigenvalue weighted by Gasteiger charge is -2.18. The zero-order valence-electron chi connectivity index (χ0n) is 17.4. The van der Waals surface area contributed by atoms with Gasteiger partial charge in [0.15, 0.2) is 0 Å². The van der Waals surface area contributed by atoms with Crippen LogP contribution in [0.2, 0.25) is 0 Å². The molecule has 0 aliphatic heterocycles. The number of carbonyl (C=O) groups excluding carboxylic acids is 2. The van der Waals surface area contributed by atoms with Gasteiger partial charge in [0.05, 0.1) is 22.6 Å². The summed E-state index contributed by atoms with van der Waals surface area (Å²) in [6, 6.07) is 7.26. The van der Waals surface area contributed by atoms with E-state index in [-0.39, 0.29) is 44.7 Å². The lowest BCUT2D eigenvalue weighted by atomic mass is 10.1. The molecule has 1 aromatic carbocycles. The van der Waals surface area contributed by atoms with Gasteiger partial charge in [-0.2, -0.15) is 9.57 Å². The van der Waals surface area contributed by atoms with Crippen LogP contribution in [-0.2, 0) is 26.1 Å². The third-order valence-corrected chi connectivity index (χ3v) is 7.49. The lowest BCUT2D eigenvalue weighted by molar-refractivity contribution is 0.0452. The minimum Gasteiger partial charge on any atom is -0.462 e. The number of esters is 2. The number of carbonyl (C=O) groups is 2. The Balaban J connectivity index is 2.21. The van der Waals surface area contributed by atoms with Gasteiger partial charge in [0.25, 0.3) is 0 Å². The Morgan fingerprint density at radius 3 is 2.23 bits per heavy atom. The van der Waals surface area contributed by atoms with Gasteiger partial charge in [-0.1, -0.05) is 13.8 Å². The Morgan fingerprint density at radius 2 is 1.71 bits per heavy atom. The second-order valence-electron chi connectivity index (χ2n) is 6.17. The van der Waals surface area contributed by atoms with E-state index < -0.39 is 22.0 Å². The molecule has 1 aromatic heterocycles. The van der Waals surface area contributed by atoms with E-state index >= 15 is 0 Å². The van der Waals surface area contributed by atoms with Crippen LogP contribution in [0.25, 0.3) is 0 Å². The van der Waals surface area contributed by atoms with Gasteiger partial charge in [0, 0.05) is 18.7 Å². The normalized spacial score (nSPS) is 11.2. The third kappa shape index (κ3) is 5.22. The standard InChI is InChI=1S/C20H23N3O6S2/c1-4-23(5-2)31(26,27)14-9-7-13(8-10-14)19(24)29-12-16-15(11-21)18(22)30-17(16)20(25)28-6-3/h7-10H,4-6,12,22H2,1-3H3. The minimum absolute atomic E-state index is 0.0570. The number of nitriles is 1. The predicted octanol–water partition coefficient (Wildman–Crippen LogP) is 2.77.